The van der Waals surface area contributed by atoms with E-state index in [9.17, 15) is 4.79 Å². The quantitative estimate of drug-likeness (QED) is 0.836. The summed E-state index contributed by atoms with van der Waals surface area (Å²) >= 11 is 0. The lowest BCUT2D eigenvalue weighted by Gasteiger charge is -2.05. The average molecular weight is 259 g/mol. The second-order valence-electron chi connectivity index (χ2n) is 4.35. The van der Waals surface area contributed by atoms with Gasteiger partial charge >= 0.3 is 5.97 Å². The van der Waals surface area contributed by atoms with Crippen molar-refractivity contribution in [3.63, 3.8) is 0 Å². The number of nitrogens with zero attached hydrogens (tertiary/aromatic N) is 2. The standard InChI is InChI=1S/C14H17N3O2/c1-2-6-17-10-11(9-16-17)8-15-13-5-3-4-12(7-13)14(18)19/h3-5,7,9-10,15H,2,6,8H2,1H3,(H,18,19). The van der Waals surface area contributed by atoms with Crippen molar-refractivity contribution in [3.05, 3.63) is 47.8 Å². The molecule has 0 bridgehead atoms. The van der Waals surface area contributed by atoms with Gasteiger partial charge in [-0.2, -0.15) is 5.10 Å². The fourth-order valence-electron chi connectivity index (χ4n) is 1.82. The molecule has 1 aromatic carbocycles. The molecular formula is C14H17N3O2. The van der Waals surface area contributed by atoms with Crippen LogP contribution in [-0.2, 0) is 13.1 Å². The highest BCUT2D eigenvalue weighted by atomic mass is 16.4. The van der Waals surface area contributed by atoms with Crippen molar-refractivity contribution >= 4 is 11.7 Å². The monoisotopic (exact) mass is 259 g/mol. The normalized spacial score (nSPS) is 10.4. The molecule has 100 valence electrons. The summed E-state index contributed by atoms with van der Waals surface area (Å²) in [5.41, 5.74) is 2.16. The molecule has 0 saturated carbocycles. The molecule has 19 heavy (non-hydrogen) atoms. The molecule has 1 heterocycles. The molecule has 0 aliphatic rings. The second-order valence-corrected chi connectivity index (χ2v) is 4.35. The zero-order valence-corrected chi connectivity index (χ0v) is 10.8. The minimum absolute atomic E-state index is 0.284. The fourth-order valence-corrected chi connectivity index (χ4v) is 1.82. The van der Waals surface area contributed by atoms with Crippen molar-refractivity contribution in [2.45, 2.75) is 26.4 Å². The molecule has 0 spiro atoms. The molecule has 0 radical (unpaired) electrons. The first-order chi connectivity index (χ1) is 9.19. The zero-order valence-electron chi connectivity index (χ0n) is 10.8. The smallest absolute Gasteiger partial charge is 0.335 e. The maximum atomic E-state index is 10.9. The predicted octanol–water partition coefficient (Wildman–Crippen LogP) is 2.60. The molecule has 0 unspecified atom stereocenters. The topological polar surface area (TPSA) is 67.2 Å². The Balaban J connectivity index is 1.97. The van der Waals surface area contributed by atoms with E-state index >= 15 is 0 Å². The van der Waals surface area contributed by atoms with Gasteiger partial charge in [0, 0.05) is 30.5 Å². The Hall–Kier alpha value is -2.30. The first kappa shape index (κ1) is 13.1. The third-order valence-corrected chi connectivity index (χ3v) is 2.75. The number of anilines is 1. The van der Waals surface area contributed by atoms with Crippen LogP contribution in [0.2, 0.25) is 0 Å². The summed E-state index contributed by atoms with van der Waals surface area (Å²) in [7, 11) is 0. The number of benzene rings is 1. The molecule has 0 aliphatic carbocycles. The molecule has 0 atom stereocenters. The summed E-state index contributed by atoms with van der Waals surface area (Å²) in [5.74, 6) is -0.917. The number of carboxylic acids is 1. The number of nitrogens with one attached hydrogen (secondary N) is 1. The van der Waals surface area contributed by atoms with Gasteiger partial charge in [0.25, 0.3) is 0 Å². The van der Waals surface area contributed by atoms with E-state index in [0.717, 1.165) is 24.2 Å². The van der Waals surface area contributed by atoms with Gasteiger partial charge in [0.05, 0.1) is 11.8 Å². The van der Waals surface area contributed by atoms with Gasteiger partial charge in [-0.05, 0) is 24.6 Å². The van der Waals surface area contributed by atoms with Gasteiger partial charge in [-0.15, -0.1) is 0 Å². The molecule has 5 nitrogen and oxygen atoms in total. The highest BCUT2D eigenvalue weighted by molar-refractivity contribution is 5.88. The average Bonchev–Trinajstić information content (AvgIpc) is 2.85. The van der Waals surface area contributed by atoms with E-state index in [4.69, 9.17) is 5.11 Å². The second kappa shape index (κ2) is 6.04. The van der Waals surface area contributed by atoms with Crippen molar-refractivity contribution in [3.8, 4) is 0 Å². The number of aromatic nitrogens is 2. The van der Waals surface area contributed by atoms with Gasteiger partial charge in [0.1, 0.15) is 0 Å². The lowest BCUT2D eigenvalue weighted by molar-refractivity contribution is 0.0697. The summed E-state index contributed by atoms with van der Waals surface area (Å²) in [5, 5.41) is 16.4. The fraction of sp³-hybridized carbons (Fsp3) is 0.286. The van der Waals surface area contributed by atoms with E-state index in [-0.39, 0.29) is 5.56 Å². The predicted molar refractivity (Wildman–Crippen MR) is 73.2 cm³/mol. The molecule has 2 aromatic rings. The van der Waals surface area contributed by atoms with Crippen LogP contribution in [0.1, 0.15) is 29.3 Å². The van der Waals surface area contributed by atoms with Crippen LogP contribution in [0.4, 0.5) is 5.69 Å². The van der Waals surface area contributed by atoms with Crippen molar-refractivity contribution in [2.24, 2.45) is 0 Å². The first-order valence-corrected chi connectivity index (χ1v) is 6.27. The summed E-state index contributed by atoms with van der Waals surface area (Å²) in [6, 6.07) is 6.78. The molecule has 2 rings (SSSR count). The lowest BCUT2D eigenvalue weighted by atomic mass is 10.2. The van der Waals surface area contributed by atoms with Crippen LogP contribution in [0.25, 0.3) is 0 Å². The Morgan fingerprint density at radius 2 is 2.32 bits per heavy atom. The molecule has 5 heteroatoms. The minimum atomic E-state index is -0.917. The number of aryl methyl sites for hydroxylation is 1. The van der Waals surface area contributed by atoms with Crippen LogP contribution < -0.4 is 5.32 Å². The van der Waals surface area contributed by atoms with Crippen molar-refractivity contribution in [1.82, 2.24) is 9.78 Å². The Morgan fingerprint density at radius 1 is 1.47 bits per heavy atom. The molecule has 0 fully saturated rings. The molecular weight excluding hydrogens is 242 g/mol. The van der Waals surface area contributed by atoms with Crippen LogP contribution in [-0.4, -0.2) is 20.9 Å². The summed E-state index contributed by atoms with van der Waals surface area (Å²) < 4.78 is 1.91. The van der Waals surface area contributed by atoms with Gasteiger partial charge in [0.15, 0.2) is 0 Å². The Kier molecular flexibility index (Phi) is 4.18. The summed E-state index contributed by atoms with van der Waals surface area (Å²) in [6.07, 6.45) is 4.87. The lowest BCUT2D eigenvalue weighted by Crippen LogP contribution is -2.01. The van der Waals surface area contributed by atoms with E-state index in [1.165, 1.54) is 0 Å². The maximum Gasteiger partial charge on any atom is 0.335 e. The van der Waals surface area contributed by atoms with Gasteiger partial charge in [-0.3, -0.25) is 4.68 Å². The zero-order chi connectivity index (χ0) is 13.7. The van der Waals surface area contributed by atoms with Crippen LogP contribution in [0, 0.1) is 0 Å². The maximum absolute atomic E-state index is 10.9. The number of hydrogen-bond acceptors (Lipinski definition) is 3. The van der Waals surface area contributed by atoms with E-state index < -0.39 is 5.97 Å². The van der Waals surface area contributed by atoms with Crippen molar-refractivity contribution < 1.29 is 9.90 Å². The highest BCUT2D eigenvalue weighted by Crippen LogP contribution is 2.12. The van der Waals surface area contributed by atoms with E-state index in [1.54, 1.807) is 18.2 Å². The first-order valence-electron chi connectivity index (χ1n) is 6.27. The van der Waals surface area contributed by atoms with Gasteiger partial charge in [-0.1, -0.05) is 13.0 Å². The number of rotatable bonds is 6. The highest BCUT2D eigenvalue weighted by Gasteiger charge is 2.03. The number of aromatic carboxylic acids is 1. The van der Waals surface area contributed by atoms with E-state index in [1.807, 2.05) is 23.1 Å². The number of carbonyl (C=O) groups is 1. The molecule has 0 aliphatic heterocycles. The van der Waals surface area contributed by atoms with Crippen LogP contribution in [0.3, 0.4) is 0 Å². The number of carboxylic acid groups (broad SMARTS) is 1. The van der Waals surface area contributed by atoms with E-state index in [0.29, 0.717) is 6.54 Å². The SMILES string of the molecule is CCCn1cc(CNc2cccc(C(=O)O)c2)cn1. The Morgan fingerprint density at radius 3 is 3.05 bits per heavy atom. The van der Waals surface area contributed by atoms with Crippen LogP contribution in [0.5, 0.6) is 0 Å². The summed E-state index contributed by atoms with van der Waals surface area (Å²) in [4.78, 5) is 10.9. The third-order valence-electron chi connectivity index (χ3n) is 2.75. The largest absolute Gasteiger partial charge is 0.478 e. The molecule has 0 saturated heterocycles. The van der Waals surface area contributed by atoms with Gasteiger partial charge < -0.3 is 10.4 Å². The van der Waals surface area contributed by atoms with Crippen molar-refractivity contribution in [1.29, 1.82) is 0 Å². The minimum Gasteiger partial charge on any atom is -0.478 e. The van der Waals surface area contributed by atoms with Crippen LogP contribution >= 0.6 is 0 Å². The number of hydrogen-bond donors (Lipinski definition) is 2. The molecule has 1 aromatic heterocycles. The van der Waals surface area contributed by atoms with Gasteiger partial charge in [0.2, 0.25) is 0 Å². The third kappa shape index (κ3) is 3.58. The molecule has 0 amide bonds. The van der Waals surface area contributed by atoms with E-state index in [2.05, 4.69) is 17.3 Å². The van der Waals surface area contributed by atoms with Gasteiger partial charge in [-0.25, -0.2) is 4.79 Å². The Bertz CT molecular complexity index is 563. The molecule has 2 N–H and O–H groups in total. The van der Waals surface area contributed by atoms with Crippen LogP contribution in [0.15, 0.2) is 36.7 Å². The van der Waals surface area contributed by atoms with Crippen molar-refractivity contribution in [2.75, 3.05) is 5.32 Å². The Labute approximate surface area is 111 Å². The summed E-state index contributed by atoms with van der Waals surface area (Å²) in [6.45, 7) is 3.65.